The van der Waals surface area contributed by atoms with E-state index >= 15 is 0 Å². The molecule has 116 valence electrons. The molecule has 2 atom stereocenters. The van der Waals surface area contributed by atoms with Crippen molar-refractivity contribution in [2.75, 3.05) is 12.4 Å². The Bertz CT molecular complexity index is 635. The summed E-state index contributed by atoms with van der Waals surface area (Å²) >= 11 is 0. The molecule has 2 rings (SSSR count). The molecular weight excluding hydrogens is 282 g/mol. The molecule has 1 unspecified atom stereocenters. The van der Waals surface area contributed by atoms with Crippen LogP contribution in [0.1, 0.15) is 23.0 Å². The monoisotopic (exact) mass is 302 g/mol. The lowest BCUT2D eigenvalue weighted by Crippen LogP contribution is -3.12. The standard InChI is InChI=1S/C16H19N3O3/c1-11(19(2)10-14-4-3-9-22-14)16(21)18-13-7-5-12(6-8-13)15(17)20/h3-9,11H,10H2,1-2H3,(H2,17,20)(H,18,21)/p+1/t11-/m0/s1. The van der Waals surface area contributed by atoms with E-state index < -0.39 is 5.91 Å². The van der Waals surface area contributed by atoms with Gasteiger partial charge in [-0.3, -0.25) is 9.59 Å². The molecule has 0 saturated heterocycles. The fourth-order valence-electron chi connectivity index (χ4n) is 2.03. The number of carbonyl (C=O) groups excluding carboxylic acids is 2. The predicted octanol–water partition coefficient (Wildman–Crippen LogP) is 0.420. The summed E-state index contributed by atoms with van der Waals surface area (Å²) < 4.78 is 5.29. The Morgan fingerprint density at radius 1 is 1.27 bits per heavy atom. The van der Waals surface area contributed by atoms with Crippen molar-refractivity contribution in [2.24, 2.45) is 5.73 Å². The van der Waals surface area contributed by atoms with Crippen molar-refractivity contribution in [1.29, 1.82) is 0 Å². The topological polar surface area (TPSA) is 89.8 Å². The van der Waals surface area contributed by atoms with Crippen molar-refractivity contribution in [3.63, 3.8) is 0 Å². The highest BCUT2D eigenvalue weighted by Crippen LogP contribution is 2.09. The van der Waals surface area contributed by atoms with Crippen molar-refractivity contribution < 1.29 is 18.9 Å². The van der Waals surface area contributed by atoms with Gasteiger partial charge in [0.2, 0.25) is 5.91 Å². The van der Waals surface area contributed by atoms with Crippen LogP contribution >= 0.6 is 0 Å². The summed E-state index contributed by atoms with van der Waals surface area (Å²) in [5.74, 6) is 0.243. The van der Waals surface area contributed by atoms with Gasteiger partial charge in [-0.15, -0.1) is 0 Å². The third kappa shape index (κ3) is 3.95. The number of furan rings is 1. The molecule has 1 aromatic heterocycles. The van der Waals surface area contributed by atoms with Gasteiger partial charge in [0, 0.05) is 11.3 Å². The predicted molar refractivity (Wildman–Crippen MR) is 82.4 cm³/mol. The molecule has 0 aliphatic rings. The zero-order chi connectivity index (χ0) is 16.1. The van der Waals surface area contributed by atoms with Gasteiger partial charge in [-0.25, -0.2) is 0 Å². The Balaban J connectivity index is 1.94. The molecule has 0 spiro atoms. The summed E-state index contributed by atoms with van der Waals surface area (Å²) in [6, 6.07) is 9.95. The fraction of sp³-hybridized carbons (Fsp3) is 0.250. The van der Waals surface area contributed by atoms with Crippen LogP contribution in [0.25, 0.3) is 0 Å². The van der Waals surface area contributed by atoms with Crippen LogP contribution in [0.3, 0.4) is 0 Å². The number of carbonyl (C=O) groups is 2. The zero-order valence-electron chi connectivity index (χ0n) is 12.6. The zero-order valence-corrected chi connectivity index (χ0v) is 12.6. The summed E-state index contributed by atoms with van der Waals surface area (Å²) in [7, 11) is 1.93. The molecule has 0 bridgehead atoms. The smallest absolute Gasteiger partial charge is 0.282 e. The number of rotatable bonds is 6. The second-order valence-corrected chi connectivity index (χ2v) is 5.26. The first-order valence-corrected chi connectivity index (χ1v) is 7.03. The molecule has 0 saturated carbocycles. The van der Waals surface area contributed by atoms with Crippen LogP contribution in [0.2, 0.25) is 0 Å². The van der Waals surface area contributed by atoms with Crippen LogP contribution in [0.5, 0.6) is 0 Å². The van der Waals surface area contributed by atoms with E-state index in [-0.39, 0.29) is 11.9 Å². The fourth-order valence-corrected chi connectivity index (χ4v) is 2.03. The van der Waals surface area contributed by atoms with Crippen LogP contribution in [0.4, 0.5) is 5.69 Å². The first kappa shape index (κ1) is 15.8. The van der Waals surface area contributed by atoms with Crippen molar-refractivity contribution in [1.82, 2.24) is 0 Å². The number of amides is 2. The van der Waals surface area contributed by atoms with E-state index in [9.17, 15) is 9.59 Å². The van der Waals surface area contributed by atoms with E-state index in [1.807, 2.05) is 26.1 Å². The number of benzene rings is 1. The number of likely N-dealkylation sites (N-methyl/N-ethyl adjacent to an activating group) is 1. The Kier molecular flexibility index (Phi) is 4.95. The molecular formula is C16H20N3O3+. The van der Waals surface area contributed by atoms with E-state index in [2.05, 4.69) is 5.32 Å². The van der Waals surface area contributed by atoms with Crippen molar-refractivity contribution in [3.05, 3.63) is 54.0 Å². The lowest BCUT2D eigenvalue weighted by atomic mass is 10.2. The second-order valence-electron chi connectivity index (χ2n) is 5.26. The van der Waals surface area contributed by atoms with Crippen LogP contribution in [0.15, 0.2) is 47.1 Å². The van der Waals surface area contributed by atoms with Gasteiger partial charge in [-0.2, -0.15) is 0 Å². The maximum atomic E-state index is 12.2. The minimum atomic E-state index is -0.492. The number of primary amides is 1. The second kappa shape index (κ2) is 6.91. The number of quaternary nitrogens is 1. The first-order valence-electron chi connectivity index (χ1n) is 7.03. The molecule has 2 amide bonds. The molecule has 22 heavy (non-hydrogen) atoms. The van der Waals surface area contributed by atoms with Gasteiger partial charge < -0.3 is 20.4 Å². The maximum Gasteiger partial charge on any atom is 0.282 e. The summed E-state index contributed by atoms with van der Waals surface area (Å²) in [5.41, 5.74) is 6.22. The van der Waals surface area contributed by atoms with Crippen LogP contribution in [0, 0.1) is 0 Å². The average molecular weight is 302 g/mol. The Labute approximate surface area is 128 Å². The van der Waals surface area contributed by atoms with Gasteiger partial charge in [0.15, 0.2) is 11.8 Å². The average Bonchev–Trinajstić information content (AvgIpc) is 2.99. The van der Waals surface area contributed by atoms with Gasteiger partial charge in [0.05, 0.1) is 13.3 Å². The highest BCUT2D eigenvalue weighted by molar-refractivity contribution is 5.95. The Morgan fingerprint density at radius 3 is 2.50 bits per heavy atom. The highest BCUT2D eigenvalue weighted by atomic mass is 16.3. The van der Waals surface area contributed by atoms with Gasteiger partial charge in [-0.1, -0.05) is 0 Å². The van der Waals surface area contributed by atoms with E-state index in [1.54, 1.807) is 30.5 Å². The quantitative estimate of drug-likeness (QED) is 0.722. The summed E-state index contributed by atoms with van der Waals surface area (Å²) in [5, 5.41) is 2.83. The molecule has 1 aromatic carbocycles. The number of anilines is 1. The molecule has 0 fully saturated rings. The van der Waals surface area contributed by atoms with Gasteiger partial charge in [0.25, 0.3) is 5.91 Å². The van der Waals surface area contributed by atoms with Crippen molar-refractivity contribution >= 4 is 17.5 Å². The number of nitrogens with two attached hydrogens (primary N) is 1. The minimum absolute atomic E-state index is 0.101. The summed E-state index contributed by atoms with van der Waals surface area (Å²) in [6.07, 6.45) is 1.62. The van der Waals surface area contributed by atoms with Gasteiger partial charge in [0.1, 0.15) is 6.54 Å². The Morgan fingerprint density at radius 2 is 1.95 bits per heavy atom. The van der Waals surface area contributed by atoms with Crippen molar-refractivity contribution in [2.45, 2.75) is 19.5 Å². The third-order valence-electron chi connectivity index (χ3n) is 3.60. The lowest BCUT2D eigenvalue weighted by Gasteiger charge is -2.20. The Hall–Kier alpha value is -2.60. The maximum absolute atomic E-state index is 12.2. The molecule has 0 radical (unpaired) electrons. The van der Waals surface area contributed by atoms with E-state index in [4.69, 9.17) is 10.2 Å². The molecule has 0 aliphatic heterocycles. The van der Waals surface area contributed by atoms with Crippen LogP contribution < -0.4 is 16.0 Å². The van der Waals surface area contributed by atoms with Crippen LogP contribution in [-0.4, -0.2) is 24.9 Å². The third-order valence-corrected chi connectivity index (χ3v) is 3.60. The highest BCUT2D eigenvalue weighted by Gasteiger charge is 2.22. The van der Waals surface area contributed by atoms with Crippen LogP contribution in [-0.2, 0) is 11.3 Å². The number of hydrogen-bond donors (Lipinski definition) is 3. The van der Waals surface area contributed by atoms with Crippen molar-refractivity contribution in [3.8, 4) is 0 Å². The molecule has 6 nitrogen and oxygen atoms in total. The van der Waals surface area contributed by atoms with E-state index in [0.717, 1.165) is 10.7 Å². The lowest BCUT2D eigenvalue weighted by molar-refractivity contribution is -0.908. The summed E-state index contributed by atoms with van der Waals surface area (Å²) in [4.78, 5) is 24.3. The van der Waals surface area contributed by atoms with E-state index in [1.165, 1.54) is 0 Å². The summed E-state index contributed by atoms with van der Waals surface area (Å²) in [6.45, 7) is 2.48. The first-order chi connectivity index (χ1) is 10.5. The molecule has 0 aliphatic carbocycles. The molecule has 1 heterocycles. The molecule has 4 N–H and O–H groups in total. The number of hydrogen-bond acceptors (Lipinski definition) is 3. The molecule has 6 heteroatoms. The van der Waals surface area contributed by atoms with Gasteiger partial charge in [-0.05, 0) is 43.3 Å². The molecule has 2 aromatic rings. The number of nitrogens with one attached hydrogen (secondary N) is 2. The largest absolute Gasteiger partial charge is 0.463 e. The van der Waals surface area contributed by atoms with Gasteiger partial charge >= 0.3 is 0 Å². The SMILES string of the molecule is C[C@@H](C(=O)Nc1ccc(C(N)=O)cc1)[NH+](C)Cc1ccco1. The normalized spacial score (nSPS) is 13.4. The minimum Gasteiger partial charge on any atom is -0.463 e. The van der Waals surface area contributed by atoms with E-state index in [0.29, 0.717) is 17.8 Å².